The van der Waals surface area contributed by atoms with Crippen molar-refractivity contribution in [1.29, 1.82) is 0 Å². The molecule has 3 heteroatoms. The first-order chi connectivity index (χ1) is 7.72. The van der Waals surface area contributed by atoms with Gasteiger partial charge in [0.05, 0.1) is 12.1 Å². The van der Waals surface area contributed by atoms with Crippen molar-refractivity contribution in [2.45, 2.75) is 45.1 Å². The molecule has 0 heterocycles. The average Bonchev–Trinajstić information content (AvgIpc) is 3.09. The largest absolute Gasteiger partial charge is 0.383 e. The van der Waals surface area contributed by atoms with E-state index < -0.39 is 0 Å². The Morgan fingerprint density at radius 3 is 2.44 bits per heavy atom. The molecule has 0 aromatic rings. The molecule has 1 aliphatic carbocycles. The third-order valence-electron chi connectivity index (χ3n) is 3.79. The summed E-state index contributed by atoms with van der Waals surface area (Å²) in [6, 6.07) is 0. The Bertz CT molecular complexity index is 188. The molecule has 0 bridgehead atoms. The maximum Gasteiger partial charge on any atom is 0.0658 e. The number of ether oxygens (including phenoxy) is 1. The number of hydrogen-bond acceptors (Lipinski definition) is 3. The molecule has 1 fully saturated rings. The summed E-state index contributed by atoms with van der Waals surface area (Å²) in [7, 11) is 1.78. The quantitative estimate of drug-likeness (QED) is 0.654. The molecule has 96 valence electrons. The van der Waals surface area contributed by atoms with Crippen LogP contribution in [0.2, 0.25) is 0 Å². The molecule has 1 atom stereocenters. The van der Waals surface area contributed by atoms with Crippen LogP contribution in [0.25, 0.3) is 0 Å². The maximum atomic E-state index is 6.01. The first-order valence-corrected chi connectivity index (χ1v) is 6.66. The summed E-state index contributed by atoms with van der Waals surface area (Å²) in [5, 5.41) is 0. The SMILES string of the molecule is CCCN(CC1CC1)C(CC)(CN)COC. The lowest BCUT2D eigenvalue weighted by Crippen LogP contribution is -2.57. The van der Waals surface area contributed by atoms with Crippen LogP contribution >= 0.6 is 0 Å². The summed E-state index contributed by atoms with van der Waals surface area (Å²) in [6.07, 6.45) is 5.07. The average molecular weight is 228 g/mol. The number of hydrogen-bond donors (Lipinski definition) is 1. The van der Waals surface area contributed by atoms with Gasteiger partial charge in [-0.25, -0.2) is 0 Å². The van der Waals surface area contributed by atoms with Crippen molar-refractivity contribution in [3.05, 3.63) is 0 Å². The van der Waals surface area contributed by atoms with Crippen molar-refractivity contribution in [3.8, 4) is 0 Å². The van der Waals surface area contributed by atoms with Crippen LogP contribution in [0.15, 0.2) is 0 Å². The minimum atomic E-state index is 0.0628. The molecule has 1 unspecified atom stereocenters. The molecule has 16 heavy (non-hydrogen) atoms. The van der Waals surface area contributed by atoms with Gasteiger partial charge in [0.2, 0.25) is 0 Å². The lowest BCUT2D eigenvalue weighted by atomic mass is 9.94. The minimum Gasteiger partial charge on any atom is -0.383 e. The topological polar surface area (TPSA) is 38.5 Å². The van der Waals surface area contributed by atoms with Crippen molar-refractivity contribution in [2.24, 2.45) is 11.7 Å². The predicted octanol–water partition coefficient (Wildman–Crippen LogP) is 1.86. The van der Waals surface area contributed by atoms with E-state index >= 15 is 0 Å². The molecule has 3 nitrogen and oxygen atoms in total. The van der Waals surface area contributed by atoms with Gasteiger partial charge in [-0.2, -0.15) is 0 Å². The van der Waals surface area contributed by atoms with Gasteiger partial charge in [0.15, 0.2) is 0 Å². The van der Waals surface area contributed by atoms with Gasteiger partial charge in [-0.3, -0.25) is 4.90 Å². The summed E-state index contributed by atoms with van der Waals surface area (Å²) in [5.74, 6) is 0.917. The van der Waals surface area contributed by atoms with Crippen molar-refractivity contribution >= 4 is 0 Å². The van der Waals surface area contributed by atoms with Gasteiger partial charge < -0.3 is 10.5 Å². The fourth-order valence-electron chi connectivity index (χ4n) is 2.42. The zero-order valence-electron chi connectivity index (χ0n) is 11.2. The van der Waals surface area contributed by atoms with E-state index in [0.29, 0.717) is 6.54 Å². The highest BCUT2D eigenvalue weighted by molar-refractivity contribution is 4.93. The van der Waals surface area contributed by atoms with Crippen LogP contribution < -0.4 is 5.73 Å². The Morgan fingerprint density at radius 2 is 2.06 bits per heavy atom. The molecule has 0 radical (unpaired) electrons. The van der Waals surface area contributed by atoms with Gasteiger partial charge in [0, 0.05) is 20.2 Å². The maximum absolute atomic E-state index is 6.01. The molecular weight excluding hydrogens is 200 g/mol. The monoisotopic (exact) mass is 228 g/mol. The van der Waals surface area contributed by atoms with E-state index in [4.69, 9.17) is 10.5 Å². The van der Waals surface area contributed by atoms with Gasteiger partial charge >= 0.3 is 0 Å². The van der Waals surface area contributed by atoms with E-state index in [1.807, 2.05) is 0 Å². The Morgan fingerprint density at radius 1 is 1.38 bits per heavy atom. The normalized spacial score (nSPS) is 20.1. The zero-order chi connectivity index (χ0) is 12.0. The lowest BCUT2D eigenvalue weighted by molar-refractivity contribution is 0.00874. The highest BCUT2D eigenvalue weighted by atomic mass is 16.5. The highest BCUT2D eigenvalue weighted by Crippen LogP contribution is 2.33. The van der Waals surface area contributed by atoms with E-state index in [2.05, 4.69) is 18.7 Å². The molecule has 0 saturated heterocycles. The fourth-order valence-corrected chi connectivity index (χ4v) is 2.42. The van der Waals surface area contributed by atoms with Gasteiger partial charge in [-0.05, 0) is 38.1 Å². The molecular formula is C13H28N2O. The van der Waals surface area contributed by atoms with Gasteiger partial charge in [-0.1, -0.05) is 13.8 Å². The second kappa shape index (κ2) is 6.58. The van der Waals surface area contributed by atoms with Gasteiger partial charge in [0.1, 0.15) is 0 Å². The summed E-state index contributed by atoms with van der Waals surface area (Å²) in [5.41, 5.74) is 6.07. The Hall–Kier alpha value is -0.120. The van der Waals surface area contributed by atoms with E-state index in [9.17, 15) is 0 Å². The fraction of sp³-hybridized carbons (Fsp3) is 1.00. The van der Waals surface area contributed by atoms with Crippen molar-refractivity contribution in [2.75, 3.05) is 33.4 Å². The van der Waals surface area contributed by atoms with E-state index in [1.165, 1.54) is 25.8 Å². The molecule has 0 aliphatic heterocycles. The van der Waals surface area contributed by atoms with E-state index in [1.54, 1.807) is 7.11 Å². The van der Waals surface area contributed by atoms with Crippen LogP contribution in [0, 0.1) is 5.92 Å². The van der Waals surface area contributed by atoms with Crippen molar-refractivity contribution < 1.29 is 4.74 Å². The van der Waals surface area contributed by atoms with Gasteiger partial charge in [-0.15, -0.1) is 0 Å². The van der Waals surface area contributed by atoms with Crippen LogP contribution in [-0.4, -0.2) is 43.8 Å². The van der Waals surface area contributed by atoms with Crippen LogP contribution in [0.5, 0.6) is 0 Å². The number of rotatable bonds is 9. The molecule has 1 saturated carbocycles. The van der Waals surface area contributed by atoms with Crippen molar-refractivity contribution in [1.82, 2.24) is 4.90 Å². The summed E-state index contributed by atoms with van der Waals surface area (Å²) in [6.45, 7) is 8.27. The predicted molar refractivity (Wildman–Crippen MR) is 68.5 cm³/mol. The Labute approximate surface area is 100 Å². The summed E-state index contributed by atoms with van der Waals surface area (Å²) >= 11 is 0. The summed E-state index contributed by atoms with van der Waals surface area (Å²) < 4.78 is 5.40. The van der Waals surface area contributed by atoms with Crippen LogP contribution in [-0.2, 0) is 4.74 Å². The second-order valence-corrected chi connectivity index (χ2v) is 5.10. The zero-order valence-corrected chi connectivity index (χ0v) is 11.2. The minimum absolute atomic E-state index is 0.0628. The third-order valence-corrected chi connectivity index (χ3v) is 3.79. The Balaban J connectivity index is 2.66. The third kappa shape index (κ3) is 3.44. The van der Waals surface area contributed by atoms with E-state index in [0.717, 1.165) is 25.5 Å². The van der Waals surface area contributed by atoms with Gasteiger partial charge in [0.25, 0.3) is 0 Å². The van der Waals surface area contributed by atoms with Crippen LogP contribution in [0.3, 0.4) is 0 Å². The smallest absolute Gasteiger partial charge is 0.0658 e. The summed E-state index contributed by atoms with van der Waals surface area (Å²) in [4.78, 5) is 2.58. The van der Waals surface area contributed by atoms with E-state index in [-0.39, 0.29) is 5.54 Å². The molecule has 0 spiro atoms. The number of methoxy groups -OCH3 is 1. The molecule has 0 aromatic carbocycles. The molecule has 1 rings (SSSR count). The molecule has 2 N–H and O–H groups in total. The number of nitrogens with two attached hydrogens (primary N) is 1. The van der Waals surface area contributed by atoms with Crippen LogP contribution in [0.4, 0.5) is 0 Å². The first kappa shape index (κ1) is 13.9. The van der Waals surface area contributed by atoms with Crippen LogP contribution in [0.1, 0.15) is 39.5 Å². The molecule has 0 amide bonds. The van der Waals surface area contributed by atoms with Crippen molar-refractivity contribution in [3.63, 3.8) is 0 Å². The first-order valence-electron chi connectivity index (χ1n) is 6.66. The standard InChI is InChI=1S/C13H28N2O/c1-4-8-15(9-12-6-7-12)13(5-2,10-14)11-16-3/h12H,4-11,14H2,1-3H3. The Kier molecular flexibility index (Phi) is 5.73. The lowest BCUT2D eigenvalue weighted by Gasteiger charge is -2.42. The molecule has 0 aromatic heterocycles. The number of nitrogens with zero attached hydrogens (tertiary/aromatic N) is 1. The second-order valence-electron chi connectivity index (χ2n) is 5.10. The highest BCUT2D eigenvalue weighted by Gasteiger charge is 2.36. The molecule has 1 aliphatic rings.